The van der Waals surface area contributed by atoms with Gasteiger partial charge in [-0.15, -0.1) is 0 Å². The van der Waals surface area contributed by atoms with Crippen molar-refractivity contribution in [3.63, 3.8) is 0 Å². The van der Waals surface area contributed by atoms with E-state index in [1.54, 1.807) is 0 Å². The number of aliphatic hydroxyl groups is 1. The third-order valence-corrected chi connectivity index (χ3v) is 7.95. The average Bonchev–Trinajstić information content (AvgIpc) is 2.62. The van der Waals surface area contributed by atoms with E-state index in [2.05, 4.69) is 59.0 Å². The van der Waals surface area contributed by atoms with Gasteiger partial charge in [-0.05, 0) is 68.0 Å². The molecular formula is C24H40O4Si. The summed E-state index contributed by atoms with van der Waals surface area (Å²) >= 11 is 0. The van der Waals surface area contributed by atoms with Crippen LogP contribution in [-0.2, 0) is 14.0 Å². The second-order valence-corrected chi connectivity index (χ2v) is 13.1. The first kappa shape index (κ1) is 22.8. The molecule has 2 aliphatic carbocycles. The van der Waals surface area contributed by atoms with Crippen molar-refractivity contribution in [1.82, 2.24) is 0 Å². The van der Waals surface area contributed by atoms with Crippen LogP contribution in [0.4, 0.5) is 0 Å². The van der Waals surface area contributed by atoms with E-state index in [1.807, 2.05) is 0 Å². The Labute approximate surface area is 178 Å². The molecule has 1 saturated heterocycles. The van der Waals surface area contributed by atoms with Crippen LogP contribution in [0.3, 0.4) is 0 Å². The van der Waals surface area contributed by atoms with Crippen LogP contribution in [0.25, 0.3) is 0 Å². The fraction of sp³-hybridized carbons (Fsp3) is 0.792. The van der Waals surface area contributed by atoms with Crippen LogP contribution in [0.15, 0.2) is 23.8 Å². The summed E-state index contributed by atoms with van der Waals surface area (Å²) < 4.78 is 12.0. The third-order valence-electron chi connectivity index (χ3n) is 7.12. The number of esters is 1. The molecule has 1 fully saturated rings. The molecule has 29 heavy (non-hydrogen) atoms. The van der Waals surface area contributed by atoms with E-state index in [1.165, 1.54) is 5.57 Å². The zero-order valence-corrected chi connectivity index (χ0v) is 20.2. The van der Waals surface area contributed by atoms with Crippen LogP contribution in [0.1, 0.15) is 59.8 Å². The molecule has 0 amide bonds. The molecule has 0 saturated carbocycles. The number of allylic oxidation sites excluding steroid dienone is 3. The van der Waals surface area contributed by atoms with Crippen molar-refractivity contribution in [3.05, 3.63) is 23.8 Å². The lowest BCUT2D eigenvalue weighted by Gasteiger charge is -2.44. The van der Waals surface area contributed by atoms with Crippen LogP contribution in [0.2, 0.25) is 13.1 Å². The third kappa shape index (κ3) is 5.23. The van der Waals surface area contributed by atoms with Crippen molar-refractivity contribution in [1.29, 1.82) is 0 Å². The number of fused-ring (bicyclic) bond motifs is 1. The summed E-state index contributed by atoms with van der Waals surface area (Å²) in [5.74, 6) is 1.03. The minimum absolute atomic E-state index is 0.00205. The Morgan fingerprint density at radius 1 is 1.34 bits per heavy atom. The first-order valence-electron chi connectivity index (χ1n) is 11.5. The number of hydrogen-bond acceptors (Lipinski definition) is 4. The number of ether oxygens (including phenoxy) is 1. The van der Waals surface area contributed by atoms with Gasteiger partial charge in [-0.3, -0.25) is 0 Å². The molecule has 1 heterocycles. The molecule has 4 nitrogen and oxygen atoms in total. The van der Waals surface area contributed by atoms with E-state index >= 15 is 0 Å². The number of carbonyl (C=O) groups is 1. The summed E-state index contributed by atoms with van der Waals surface area (Å²) in [7, 11) is -1.33. The van der Waals surface area contributed by atoms with E-state index < -0.39 is 15.1 Å². The maximum Gasteiger partial charge on any atom is 0.334 e. The van der Waals surface area contributed by atoms with Crippen LogP contribution in [0.5, 0.6) is 0 Å². The first-order valence-corrected chi connectivity index (χ1v) is 14.3. The number of hydrogen-bond donors (Lipinski definition) is 1. The van der Waals surface area contributed by atoms with Gasteiger partial charge in [-0.2, -0.15) is 0 Å². The second-order valence-electron chi connectivity index (χ2n) is 10.8. The highest BCUT2D eigenvalue weighted by molar-refractivity contribution is 6.48. The molecule has 0 aromatic heterocycles. The number of aliphatic hydroxyl groups excluding tert-OH is 1. The van der Waals surface area contributed by atoms with Crippen molar-refractivity contribution in [2.24, 2.45) is 29.1 Å². The van der Waals surface area contributed by atoms with Gasteiger partial charge in [0.1, 0.15) is 12.2 Å². The second kappa shape index (κ2) is 9.07. The molecule has 0 radical (unpaired) electrons. The fourth-order valence-corrected chi connectivity index (χ4v) is 6.49. The van der Waals surface area contributed by atoms with E-state index in [9.17, 15) is 9.90 Å². The molecule has 5 heteroatoms. The van der Waals surface area contributed by atoms with Gasteiger partial charge in [0.2, 0.25) is 0 Å². The highest BCUT2D eigenvalue weighted by Crippen LogP contribution is 2.44. The molecule has 0 bridgehead atoms. The predicted molar refractivity (Wildman–Crippen MR) is 119 cm³/mol. The van der Waals surface area contributed by atoms with Crippen LogP contribution >= 0.6 is 0 Å². The van der Waals surface area contributed by atoms with Crippen molar-refractivity contribution in [3.8, 4) is 0 Å². The molecule has 0 aromatic rings. The number of carbonyl (C=O) groups excluding carboxylic acids is 1. The van der Waals surface area contributed by atoms with Crippen LogP contribution in [0, 0.1) is 29.1 Å². The average molecular weight is 421 g/mol. The Morgan fingerprint density at radius 2 is 2.07 bits per heavy atom. The van der Waals surface area contributed by atoms with Crippen molar-refractivity contribution < 1.29 is 19.1 Å². The highest BCUT2D eigenvalue weighted by Gasteiger charge is 2.46. The zero-order chi connectivity index (χ0) is 21.3. The van der Waals surface area contributed by atoms with Crippen molar-refractivity contribution in [2.45, 2.75) is 91.2 Å². The summed E-state index contributed by atoms with van der Waals surface area (Å²) in [5, 5.41) is 10.7. The van der Waals surface area contributed by atoms with Gasteiger partial charge in [0, 0.05) is 11.8 Å². The molecule has 3 aliphatic rings. The van der Waals surface area contributed by atoms with E-state index in [-0.39, 0.29) is 35.4 Å². The van der Waals surface area contributed by atoms with Crippen LogP contribution < -0.4 is 0 Å². The van der Waals surface area contributed by atoms with Gasteiger partial charge in [0.15, 0.2) is 9.04 Å². The normalized spacial score (nSPS) is 36.4. The van der Waals surface area contributed by atoms with Crippen LogP contribution in [-0.4, -0.2) is 38.4 Å². The molecule has 7 atom stereocenters. The quantitative estimate of drug-likeness (QED) is 0.520. The summed E-state index contributed by atoms with van der Waals surface area (Å²) in [6.07, 6.45) is 10.6. The van der Waals surface area contributed by atoms with Gasteiger partial charge in [-0.1, -0.05) is 45.9 Å². The molecule has 3 rings (SSSR count). The van der Waals surface area contributed by atoms with Gasteiger partial charge in [-0.25, -0.2) is 4.79 Å². The lowest BCUT2D eigenvalue weighted by atomic mass is 9.66. The molecule has 164 valence electrons. The van der Waals surface area contributed by atoms with Gasteiger partial charge in [0.25, 0.3) is 0 Å². The Kier molecular flexibility index (Phi) is 7.12. The summed E-state index contributed by atoms with van der Waals surface area (Å²) in [5.41, 5.74) is 1.30. The standard InChI is InChI=1S/C24H40O4Si/c1-15(18-11-7-9-16-10-8-12-20(25)21(16)18)13-17-14-19(24(2,3)4)22(23(26)27-17)28-29(5)6/h7,9-10,15,17-22,25,29H,8,11-14H2,1-6H3/t15-,17+,18-,19-,20-,21-,22?/m0/s1. The first-order chi connectivity index (χ1) is 13.6. The molecule has 1 aliphatic heterocycles. The van der Waals surface area contributed by atoms with E-state index in [4.69, 9.17) is 9.16 Å². The summed E-state index contributed by atoms with van der Waals surface area (Å²) in [6, 6.07) is 0. The number of rotatable bonds is 5. The zero-order valence-electron chi connectivity index (χ0n) is 19.1. The minimum Gasteiger partial charge on any atom is -0.460 e. The Bertz CT molecular complexity index is 648. The van der Waals surface area contributed by atoms with Crippen molar-refractivity contribution >= 4 is 15.0 Å². The van der Waals surface area contributed by atoms with Gasteiger partial charge < -0.3 is 14.3 Å². The Hall–Kier alpha value is -0.913. The SMILES string of the molecule is C[C@@H](C[C@@H]1C[C@H](C(C)(C)C)C(O[SiH](C)C)C(=O)O1)[C@@H]1CC=CC2=CCC[C@H](O)[C@@H]21. The topological polar surface area (TPSA) is 55.8 Å². The Balaban J connectivity index is 1.71. The van der Waals surface area contributed by atoms with Crippen molar-refractivity contribution in [2.75, 3.05) is 0 Å². The summed E-state index contributed by atoms with van der Waals surface area (Å²) in [4.78, 5) is 12.8. The predicted octanol–water partition coefficient (Wildman–Crippen LogP) is 4.63. The van der Waals surface area contributed by atoms with Gasteiger partial charge in [0.05, 0.1) is 6.10 Å². The summed E-state index contributed by atoms with van der Waals surface area (Å²) in [6.45, 7) is 13.1. The Morgan fingerprint density at radius 3 is 2.72 bits per heavy atom. The lowest BCUT2D eigenvalue weighted by molar-refractivity contribution is -0.177. The molecule has 0 spiro atoms. The minimum atomic E-state index is -1.33. The molecule has 1 unspecified atom stereocenters. The number of cyclic esters (lactones) is 1. The fourth-order valence-electron chi connectivity index (χ4n) is 5.60. The lowest BCUT2D eigenvalue weighted by Crippen LogP contribution is -2.50. The highest BCUT2D eigenvalue weighted by atomic mass is 28.3. The molecular weight excluding hydrogens is 380 g/mol. The maximum atomic E-state index is 12.8. The smallest absolute Gasteiger partial charge is 0.334 e. The molecule has 0 aromatic carbocycles. The maximum absolute atomic E-state index is 12.8. The van der Waals surface area contributed by atoms with E-state index in [0.717, 1.165) is 32.1 Å². The van der Waals surface area contributed by atoms with E-state index in [0.29, 0.717) is 11.8 Å². The monoisotopic (exact) mass is 420 g/mol. The van der Waals surface area contributed by atoms with Gasteiger partial charge >= 0.3 is 5.97 Å². The molecule has 1 N–H and O–H groups in total. The largest absolute Gasteiger partial charge is 0.460 e.